The number of hydrogen-bond acceptors (Lipinski definition) is 2. The van der Waals surface area contributed by atoms with Crippen molar-refractivity contribution >= 4 is 28.8 Å². The first-order chi connectivity index (χ1) is 11.1. The molecule has 4 nitrogen and oxygen atoms in total. The predicted molar refractivity (Wildman–Crippen MR) is 87.1 cm³/mol. The third kappa shape index (κ3) is 2.99. The lowest BCUT2D eigenvalue weighted by molar-refractivity contribution is -0.116. The summed E-state index contributed by atoms with van der Waals surface area (Å²) >= 11 is 0. The molecule has 0 saturated heterocycles. The summed E-state index contributed by atoms with van der Waals surface area (Å²) in [6.07, 6.45) is 2.23. The van der Waals surface area contributed by atoms with Gasteiger partial charge in [-0.3, -0.25) is 9.59 Å². The largest absolute Gasteiger partial charge is 0.337 e. The van der Waals surface area contributed by atoms with Crippen LogP contribution in [-0.4, -0.2) is 16.8 Å². The average Bonchev–Trinajstić information content (AvgIpc) is 2.86. The van der Waals surface area contributed by atoms with E-state index in [-0.39, 0.29) is 12.5 Å². The van der Waals surface area contributed by atoms with Crippen molar-refractivity contribution in [3.05, 3.63) is 65.6 Å². The summed E-state index contributed by atoms with van der Waals surface area (Å²) in [5.41, 5.74) is 2.72. The Kier molecular flexibility index (Phi) is 3.93. The van der Waals surface area contributed by atoms with Crippen molar-refractivity contribution in [3.63, 3.8) is 0 Å². The molecule has 1 amide bonds. The van der Waals surface area contributed by atoms with Crippen LogP contribution >= 0.6 is 0 Å². The summed E-state index contributed by atoms with van der Waals surface area (Å²) < 4.78 is 15.0. The maximum absolute atomic E-state index is 13.4. The van der Waals surface area contributed by atoms with Crippen molar-refractivity contribution in [2.24, 2.45) is 0 Å². The fourth-order valence-corrected chi connectivity index (χ4v) is 2.58. The van der Waals surface area contributed by atoms with Gasteiger partial charge >= 0.3 is 0 Å². The highest BCUT2D eigenvalue weighted by molar-refractivity contribution is 5.99. The second-order valence-corrected chi connectivity index (χ2v) is 5.35. The highest BCUT2D eigenvalue weighted by atomic mass is 19.1. The molecule has 3 aromatic rings. The van der Waals surface area contributed by atoms with Gasteiger partial charge in [0.25, 0.3) is 0 Å². The number of carbonyl (C=O) groups excluding carboxylic acids is 2. The van der Waals surface area contributed by atoms with Crippen LogP contribution in [0.5, 0.6) is 0 Å². The standard InChI is InChI=1S/C18H15FN2O2/c1-12-4-2-3-5-16(12)20-18(23)10-21-9-13(11-22)15-8-14(19)6-7-17(15)21/h2-9,11H,10H2,1H3,(H,20,23). The lowest BCUT2D eigenvalue weighted by Crippen LogP contribution is -2.18. The van der Waals surface area contributed by atoms with Gasteiger partial charge in [0.15, 0.2) is 6.29 Å². The smallest absolute Gasteiger partial charge is 0.244 e. The molecular formula is C18H15FN2O2. The number of nitrogens with zero attached hydrogens (tertiary/aromatic N) is 1. The molecule has 0 atom stereocenters. The third-order valence-corrected chi connectivity index (χ3v) is 3.73. The number of amides is 1. The normalized spacial score (nSPS) is 10.7. The third-order valence-electron chi connectivity index (χ3n) is 3.73. The molecule has 1 N–H and O–H groups in total. The van der Waals surface area contributed by atoms with E-state index in [9.17, 15) is 14.0 Å². The van der Waals surface area contributed by atoms with Crippen molar-refractivity contribution in [2.45, 2.75) is 13.5 Å². The molecule has 0 radical (unpaired) electrons. The second-order valence-electron chi connectivity index (χ2n) is 5.35. The van der Waals surface area contributed by atoms with Crippen LogP contribution in [0.2, 0.25) is 0 Å². The molecule has 0 aliphatic heterocycles. The molecule has 0 unspecified atom stereocenters. The number of nitrogens with one attached hydrogen (secondary N) is 1. The second kappa shape index (κ2) is 6.04. The molecule has 5 heteroatoms. The summed E-state index contributed by atoms with van der Waals surface area (Å²) in [5.74, 6) is -0.624. The van der Waals surface area contributed by atoms with Gasteiger partial charge in [0.2, 0.25) is 5.91 Å². The van der Waals surface area contributed by atoms with E-state index in [0.717, 1.165) is 11.3 Å². The Hall–Kier alpha value is -2.95. The van der Waals surface area contributed by atoms with Crippen molar-refractivity contribution in [2.75, 3.05) is 5.32 Å². The van der Waals surface area contributed by atoms with Gasteiger partial charge in [-0.05, 0) is 36.8 Å². The van der Waals surface area contributed by atoms with E-state index in [1.165, 1.54) is 12.1 Å². The van der Waals surface area contributed by atoms with Gasteiger partial charge < -0.3 is 9.88 Å². The van der Waals surface area contributed by atoms with E-state index in [1.54, 1.807) is 16.8 Å². The number of anilines is 1. The van der Waals surface area contributed by atoms with Crippen LogP contribution in [0.4, 0.5) is 10.1 Å². The number of aryl methyl sites for hydroxylation is 1. The van der Waals surface area contributed by atoms with Gasteiger partial charge in [0.05, 0.1) is 0 Å². The van der Waals surface area contributed by atoms with Gasteiger partial charge in [0, 0.05) is 28.4 Å². The number of halogens is 1. The zero-order valence-electron chi connectivity index (χ0n) is 12.5. The first-order valence-corrected chi connectivity index (χ1v) is 7.17. The monoisotopic (exact) mass is 310 g/mol. The Labute approximate surface area is 132 Å². The van der Waals surface area contributed by atoms with Gasteiger partial charge in [0.1, 0.15) is 12.4 Å². The fraction of sp³-hybridized carbons (Fsp3) is 0.111. The topological polar surface area (TPSA) is 51.1 Å². The first kappa shape index (κ1) is 15.0. The summed E-state index contributed by atoms with van der Waals surface area (Å²) in [4.78, 5) is 23.4. The van der Waals surface area contributed by atoms with Gasteiger partial charge in [-0.2, -0.15) is 0 Å². The minimum Gasteiger partial charge on any atom is -0.337 e. The molecule has 0 fully saturated rings. The number of para-hydroxylation sites is 1. The van der Waals surface area contributed by atoms with Crippen LogP contribution < -0.4 is 5.32 Å². The SMILES string of the molecule is Cc1ccccc1NC(=O)Cn1cc(C=O)c2cc(F)ccc21. The molecule has 0 spiro atoms. The molecular weight excluding hydrogens is 295 g/mol. The maximum Gasteiger partial charge on any atom is 0.244 e. The van der Waals surface area contributed by atoms with Gasteiger partial charge in [-0.25, -0.2) is 4.39 Å². The molecule has 116 valence electrons. The number of rotatable bonds is 4. The fourth-order valence-electron chi connectivity index (χ4n) is 2.58. The zero-order chi connectivity index (χ0) is 16.4. The Balaban J connectivity index is 1.88. The van der Waals surface area contributed by atoms with E-state index < -0.39 is 5.82 Å². The Morgan fingerprint density at radius 1 is 1.26 bits per heavy atom. The predicted octanol–water partition coefficient (Wildman–Crippen LogP) is 3.54. The summed E-state index contributed by atoms with van der Waals surface area (Å²) in [6, 6.07) is 11.7. The van der Waals surface area contributed by atoms with Crippen LogP contribution in [0.25, 0.3) is 10.9 Å². The Bertz CT molecular complexity index is 899. The van der Waals surface area contributed by atoms with Crippen LogP contribution in [0, 0.1) is 12.7 Å². The molecule has 23 heavy (non-hydrogen) atoms. The number of fused-ring (bicyclic) bond motifs is 1. The Morgan fingerprint density at radius 2 is 2.04 bits per heavy atom. The Morgan fingerprint density at radius 3 is 2.78 bits per heavy atom. The number of hydrogen-bond donors (Lipinski definition) is 1. The number of carbonyl (C=O) groups is 2. The van der Waals surface area contributed by atoms with E-state index in [1.807, 2.05) is 31.2 Å². The van der Waals surface area contributed by atoms with Crippen molar-refractivity contribution in [3.8, 4) is 0 Å². The highest BCUT2D eigenvalue weighted by Gasteiger charge is 2.12. The van der Waals surface area contributed by atoms with Crippen LogP contribution in [0.15, 0.2) is 48.7 Å². The van der Waals surface area contributed by atoms with Gasteiger partial charge in [-0.15, -0.1) is 0 Å². The van der Waals surface area contributed by atoms with Crippen LogP contribution in [0.3, 0.4) is 0 Å². The van der Waals surface area contributed by atoms with Crippen molar-refractivity contribution in [1.82, 2.24) is 4.57 Å². The van der Waals surface area contributed by atoms with E-state index in [2.05, 4.69) is 5.32 Å². The average molecular weight is 310 g/mol. The molecule has 1 aromatic heterocycles. The van der Waals surface area contributed by atoms with E-state index >= 15 is 0 Å². The molecule has 0 saturated carbocycles. The quantitative estimate of drug-likeness (QED) is 0.749. The lowest BCUT2D eigenvalue weighted by Gasteiger charge is -2.09. The highest BCUT2D eigenvalue weighted by Crippen LogP contribution is 2.22. The number of benzene rings is 2. The minimum absolute atomic E-state index is 0.0459. The summed E-state index contributed by atoms with van der Waals surface area (Å²) in [5, 5.41) is 3.34. The van der Waals surface area contributed by atoms with Crippen molar-refractivity contribution in [1.29, 1.82) is 0 Å². The molecule has 0 aliphatic carbocycles. The molecule has 1 heterocycles. The van der Waals surface area contributed by atoms with E-state index in [4.69, 9.17) is 0 Å². The molecule has 2 aromatic carbocycles. The molecule has 0 aliphatic rings. The summed E-state index contributed by atoms with van der Waals surface area (Å²) in [7, 11) is 0. The summed E-state index contributed by atoms with van der Waals surface area (Å²) in [6.45, 7) is 1.96. The van der Waals surface area contributed by atoms with Gasteiger partial charge in [-0.1, -0.05) is 18.2 Å². The lowest BCUT2D eigenvalue weighted by atomic mass is 10.2. The molecule has 0 bridgehead atoms. The molecule has 3 rings (SSSR count). The first-order valence-electron chi connectivity index (χ1n) is 7.17. The van der Waals surface area contributed by atoms with Crippen LogP contribution in [-0.2, 0) is 11.3 Å². The van der Waals surface area contributed by atoms with E-state index in [0.29, 0.717) is 22.8 Å². The van der Waals surface area contributed by atoms with Crippen LogP contribution in [0.1, 0.15) is 15.9 Å². The number of aromatic nitrogens is 1. The van der Waals surface area contributed by atoms with Crippen molar-refractivity contribution < 1.29 is 14.0 Å². The maximum atomic E-state index is 13.4. The minimum atomic E-state index is -0.414. The number of aldehydes is 1. The zero-order valence-corrected chi connectivity index (χ0v) is 12.5.